The van der Waals surface area contributed by atoms with Gasteiger partial charge in [0.05, 0.1) is 51.6 Å². The molecule has 3 rings (SSSR count). The molecule has 0 aliphatic rings. The molecule has 0 fully saturated rings. The Balaban J connectivity index is 2.07. The van der Waals surface area contributed by atoms with Gasteiger partial charge in [0, 0.05) is 4.88 Å². The van der Waals surface area contributed by atoms with E-state index in [1.165, 1.54) is 23.5 Å². The minimum absolute atomic E-state index is 0.223. The van der Waals surface area contributed by atoms with Gasteiger partial charge in [-0.1, -0.05) is 98.9 Å². The first-order chi connectivity index (χ1) is 13.2. The van der Waals surface area contributed by atoms with Crippen molar-refractivity contribution in [3.8, 4) is 0 Å². The number of hydrogen-bond donors (Lipinski definition) is 2. The van der Waals surface area contributed by atoms with Crippen LogP contribution in [0, 0.1) is 0 Å². The Labute approximate surface area is 205 Å². The summed E-state index contributed by atoms with van der Waals surface area (Å²) < 4.78 is 0. The number of thiophene rings is 1. The first kappa shape index (κ1) is 22.7. The molecule has 0 unspecified atom stereocenters. The molecule has 0 spiro atoms. The second-order valence-corrected chi connectivity index (χ2v) is 9.54. The van der Waals surface area contributed by atoms with Crippen molar-refractivity contribution in [2.75, 3.05) is 10.6 Å². The van der Waals surface area contributed by atoms with Crippen LogP contribution in [0.5, 0.6) is 0 Å². The van der Waals surface area contributed by atoms with Crippen molar-refractivity contribution < 1.29 is 0 Å². The van der Waals surface area contributed by atoms with Gasteiger partial charge in [-0.15, -0.1) is 11.3 Å². The van der Waals surface area contributed by atoms with Crippen LogP contribution in [-0.4, -0.2) is 0 Å². The smallest absolute Gasteiger partial charge is 0.133 e. The quantitative estimate of drug-likeness (QED) is 0.242. The SMILES string of the molecule is Clc1cc(Cl)c(Cl)c(NC(Nc2c(Cl)c(Cl)cc(Cl)c2Cl)c2cccs2)c1Cl. The Bertz CT molecular complexity index is 905. The third-order valence-corrected chi connectivity index (χ3v) is 7.72. The Morgan fingerprint density at radius 1 is 0.643 bits per heavy atom. The maximum atomic E-state index is 6.34. The second-order valence-electron chi connectivity index (χ2n) is 5.42. The minimum Gasteiger partial charge on any atom is -0.358 e. The molecule has 28 heavy (non-hydrogen) atoms. The van der Waals surface area contributed by atoms with E-state index in [4.69, 9.17) is 92.8 Å². The van der Waals surface area contributed by atoms with E-state index in [1.54, 1.807) is 0 Å². The van der Waals surface area contributed by atoms with Gasteiger partial charge in [0.2, 0.25) is 0 Å². The topological polar surface area (TPSA) is 24.1 Å². The number of nitrogens with one attached hydrogen (secondary N) is 2. The van der Waals surface area contributed by atoms with E-state index in [2.05, 4.69) is 10.6 Å². The van der Waals surface area contributed by atoms with Crippen LogP contribution in [0.15, 0.2) is 29.6 Å². The van der Waals surface area contributed by atoms with Gasteiger partial charge in [-0.05, 0) is 23.6 Å². The predicted molar refractivity (Wildman–Crippen MR) is 127 cm³/mol. The zero-order valence-corrected chi connectivity index (χ0v) is 20.3. The number of hydrogen-bond acceptors (Lipinski definition) is 3. The Hall–Kier alpha value is 0.0600. The largest absolute Gasteiger partial charge is 0.358 e. The molecule has 1 aromatic heterocycles. The Morgan fingerprint density at radius 2 is 1.04 bits per heavy atom. The van der Waals surface area contributed by atoms with Gasteiger partial charge in [0.15, 0.2) is 0 Å². The summed E-state index contributed by atoms with van der Waals surface area (Å²) in [6, 6.07) is 6.73. The maximum absolute atomic E-state index is 6.34. The molecule has 11 heteroatoms. The number of rotatable bonds is 5. The molecule has 0 radical (unpaired) electrons. The van der Waals surface area contributed by atoms with Crippen molar-refractivity contribution in [2.24, 2.45) is 0 Å². The first-order valence-electron chi connectivity index (χ1n) is 7.43. The number of anilines is 2. The van der Waals surface area contributed by atoms with Crippen molar-refractivity contribution >= 4 is 116 Å². The normalized spacial score (nSPS) is 11.2. The van der Waals surface area contributed by atoms with E-state index in [0.29, 0.717) is 11.4 Å². The van der Waals surface area contributed by atoms with Crippen molar-refractivity contribution in [2.45, 2.75) is 6.17 Å². The van der Waals surface area contributed by atoms with E-state index < -0.39 is 6.17 Å². The maximum Gasteiger partial charge on any atom is 0.133 e. The minimum atomic E-state index is -0.547. The zero-order valence-electron chi connectivity index (χ0n) is 13.4. The zero-order chi connectivity index (χ0) is 20.6. The van der Waals surface area contributed by atoms with Gasteiger partial charge in [0.1, 0.15) is 6.17 Å². The molecule has 0 amide bonds. The standard InChI is InChI=1S/C17H8Cl8N2S/c18-6-4-7(19)12(23)15(11(6)22)26-17(10-2-1-3-28-10)27-16-13(24)8(20)5-9(21)14(16)25/h1-5,17,26-27H. The summed E-state index contributed by atoms with van der Waals surface area (Å²) in [4.78, 5) is 0.881. The van der Waals surface area contributed by atoms with Crippen LogP contribution < -0.4 is 10.6 Å². The molecule has 148 valence electrons. The fourth-order valence-electron chi connectivity index (χ4n) is 2.32. The van der Waals surface area contributed by atoms with Crippen LogP contribution in [-0.2, 0) is 0 Å². The molecule has 1 heterocycles. The highest BCUT2D eigenvalue weighted by Gasteiger charge is 2.23. The van der Waals surface area contributed by atoms with Crippen molar-refractivity contribution in [1.29, 1.82) is 0 Å². The second kappa shape index (κ2) is 9.47. The van der Waals surface area contributed by atoms with Gasteiger partial charge in [-0.2, -0.15) is 0 Å². The molecule has 0 saturated heterocycles. The lowest BCUT2D eigenvalue weighted by Gasteiger charge is -2.25. The number of benzene rings is 2. The molecule has 2 N–H and O–H groups in total. The molecule has 0 bridgehead atoms. The highest BCUT2D eigenvalue weighted by atomic mass is 35.5. The first-order valence-corrected chi connectivity index (χ1v) is 11.3. The summed E-state index contributed by atoms with van der Waals surface area (Å²) >= 11 is 51.4. The lowest BCUT2D eigenvalue weighted by molar-refractivity contribution is 0.926. The van der Waals surface area contributed by atoms with E-state index >= 15 is 0 Å². The summed E-state index contributed by atoms with van der Waals surface area (Å²) in [6.07, 6.45) is -0.547. The molecule has 2 aromatic carbocycles. The molecular formula is C17H8Cl8N2S. The lowest BCUT2D eigenvalue weighted by Crippen LogP contribution is -2.20. The van der Waals surface area contributed by atoms with Gasteiger partial charge in [-0.25, -0.2) is 0 Å². The van der Waals surface area contributed by atoms with Crippen LogP contribution in [0.4, 0.5) is 11.4 Å². The summed E-state index contributed by atoms with van der Waals surface area (Å²) in [5, 5.41) is 10.2. The van der Waals surface area contributed by atoms with Crippen LogP contribution in [0.1, 0.15) is 11.0 Å². The van der Waals surface area contributed by atoms with Crippen LogP contribution in [0.2, 0.25) is 40.2 Å². The van der Waals surface area contributed by atoms with Crippen LogP contribution in [0.3, 0.4) is 0 Å². The predicted octanol–water partition coefficient (Wildman–Crippen LogP) is 10.2. The summed E-state index contributed by atoms with van der Waals surface area (Å²) in [6.45, 7) is 0. The molecule has 0 atom stereocenters. The number of halogens is 8. The fraction of sp³-hybridized carbons (Fsp3) is 0.0588. The third-order valence-electron chi connectivity index (χ3n) is 3.63. The fourth-order valence-corrected chi connectivity index (χ4v) is 4.88. The van der Waals surface area contributed by atoms with Crippen LogP contribution >= 0.6 is 104 Å². The highest BCUT2D eigenvalue weighted by Crippen LogP contribution is 2.45. The van der Waals surface area contributed by atoms with Gasteiger partial charge >= 0.3 is 0 Å². The average molecular weight is 556 g/mol. The summed E-state index contributed by atoms with van der Waals surface area (Å²) in [5.74, 6) is 0. The van der Waals surface area contributed by atoms with Gasteiger partial charge in [0.25, 0.3) is 0 Å². The Morgan fingerprint density at radius 3 is 1.36 bits per heavy atom. The average Bonchev–Trinajstić information content (AvgIpc) is 3.18. The molecule has 2 nitrogen and oxygen atoms in total. The van der Waals surface area contributed by atoms with Gasteiger partial charge in [-0.3, -0.25) is 0 Å². The van der Waals surface area contributed by atoms with E-state index in [-0.39, 0.29) is 40.2 Å². The van der Waals surface area contributed by atoms with Crippen LogP contribution in [0.25, 0.3) is 0 Å². The van der Waals surface area contributed by atoms with Gasteiger partial charge < -0.3 is 10.6 Å². The van der Waals surface area contributed by atoms with E-state index in [9.17, 15) is 0 Å². The molecule has 0 aliphatic carbocycles. The Kier molecular flexibility index (Phi) is 7.69. The highest BCUT2D eigenvalue weighted by molar-refractivity contribution is 7.10. The summed E-state index contributed by atoms with van der Waals surface area (Å²) in [7, 11) is 0. The van der Waals surface area contributed by atoms with E-state index in [1.807, 2.05) is 17.5 Å². The van der Waals surface area contributed by atoms with Crippen molar-refractivity contribution in [3.63, 3.8) is 0 Å². The van der Waals surface area contributed by atoms with Crippen molar-refractivity contribution in [3.05, 3.63) is 74.7 Å². The third kappa shape index (κ3) is 4.69. The van der Waals surface area contributed by atoms with E-state index in [0.717, 1.165) is 4.88 Å². The molecular weight excluding hydrogens is 548 g/mol. The monoisotopic (exact) mass is 552 g/mol. The molecule has 3 aromatic rings. The molecule has 0 saturated carbocycles. The summed E-state index contributed by atoms with van der Waals surface area (Å²) in [5.41, 5.74) is 0.708. The molecule has 0 aliphatic heterocycles. The van der Waals surface area contributed by atoms with Crippen molar-refractivity contribution in [1.82, 2.24) is 0 Å². The lowest BCUT2D eigenvalue weighted by atomic mass is 10.2.